The van der Waals surface area contributed by atoms with E-state index in [1.807, 2.05) is 6.92 Å². The lowest BCUT2D eigenvalue weighted by molar-refractivity contribution is -0.0425. The largest absolute Gasteiger partial charge is 0.411 e. The lowest BCUT2D eigenvalue weighted by Crippen LogP contribution is -2.50. The molecule has 0 bridgehead atoms. The van der Waals surface area contributed by atoms with Crippen LogP contribution >= 0.6 is 0 Å². The van der Waals surface area contributed by atoms with Gasteiger partial charge in [0.2, 0.25) is 0 Å². The third kappa shape index (κ3) is 2.16. The van der Waals surface area contributed by atoms with Gasteiger partial charge in [-0.05, 0) is 86.9 Å². The van der Waals surface area contributed by atoms with Gasteiger partial charge in [0.25, 0.3) is 0 Å². The van der Waals surface area contributed by atoms with Crippen LogP contribution in [0.1, 0.15) is 72.1 Å². The van der Waals surface area contributed by atoms with Crippen molar-refractivity contribution in [3.8, 4) is 0 Å². The monoisotopic (exact) mass is 331 g/mol. The first-order chi connectivity index (χ1) is 11.4. The molecule has 0 amide bonds. The Balaban J connectivity index is 1.65. The van der Waals surface area contributed by atoms with Crippen LogP contribution in [-0.2, 0) is 0 Å². The third-order valence-electron chi connectivity index (χ3n) is 8.74. The highest BCUT2D eigenvalue weighted by Gasteiger charge is 2.59. The van der Waals surface area contributed by atoms with Crippen molar-refractivity contribution in [1.29, 1.82) is 0 Å². The molecule has 4 aliphatic carbocycles. The Morgan fingerprint density at radius 1 is 1.12 bits per heavy atom. The van der Waals surface area contributed by atoms with Crippen LogP contribution in [0.4, 0.5) is 0 Å². The number of aliphatic hydroxyl groups is 1. The SMILES string of the molecule is C/C(=N/O)[C@@H]1CC[C@@H]2[C@H]3CC=C4C[C@@H](O)CC[C@]4(C)[C@@H]3CC[C@@]21C. The van der Waals surface area contributed by atoms with Gasteiger partial charge in [0.15, 0.2) is 0 Å². The fourth-order valence-electron chi connectivity index (χ4n) is 7.40. The fraction of sp³-hybridized carbons (Fsp3) is 0.857. The van der Waals surface area contributed by atoms with Crippen LogP contribution in [0, 0.1) is 34.5 Å². The molecule has 3 fully saturated rings. The van der Waals surface area contributed by atoms with Gasteiger partial charge in [0.1, 0.15) is 0 Å². The van der Waals surface area contributed by atoms with Gasteiger partial charge < -0.3 is 10.3 Å². The molecule has 2 N–H and O–H groups in total. The van der Waals surface area contributed by atoms with Gasteiger partial charge in [-0.3, -0.25) is 0 Å². The maximum absolute atomic E-state index is 10.1. The van der Waals surface area contributed by atoms with Gasteiger partial charge in [-0.1, -0.05) is 30.7 Å². The third-order valence-corrected chi connectivity index (χ3v) is 8.74. The highest BCUT2D eigenvalue weighted by molar-refractivity contribution is 5.85. The van der Waals surface area contributed by atoms with Gasteiger partial charge in [-0.25, -0.2) is 0 Å². The molecule has 0 aromatic heterocycles. The predicted octanol–water partition coefficient (Wildman–Crippen LogP) is 4.78. The topological polar surface area (TPSA) is 52.8 Å². The summed E-state index contributed by atoms with van der Waals surface area (Å²) in [6, 6.07) is 0. The van der Waals surface area contributed by atoms with Crippen molar-refractivity contribution < 1.29 is 10.3 Å². The Morgan fingerprint density at radius 3 is 2.67 bits per heavy atom. The second-order valence-electron chi connectivity index (χ2n) is 9.57. The summed E-state index contributed by atoms with van der Waals surface area (Å²) in [5.74, 6) is 2.79. The van der Waals surface area contributed by atoms with Crippen molar-refractivity contribution in [1.82, 2.24) is 0 Å². The second-order valence-corrected chi connectivity index (χ2v) is 9.57. The van der Waals surface area contributed by atoms with E-state index in [2.05, 4.69) is 25.1 Å². The van der Waals surface area contributed by atoms with Crippen LogP contribution in [0.5, 0.6) is 0 Å². The van der Waals surface area contributed by atoms with E-state index in [0.29, 0.717) is 16.7 Å². The normalized spacial score (nSPS) is 51.4. The lowest BCUT2D eigenvalue weighted by atomic mass is 9.47. The van der Waals surface area contributed by atoms with Crippen molar-refractivity contribution in [2.24, 2.45) is 39.7 Å². The summed E-state index contributed by atoms with van der Waals surface area (Å²) in [5, 5.41) is 23.0. The second kappa shape index (κ2) is 5.59. The predicted molar refractivity (Wildman–Crippen MR) is 96.1 cm³/mol. The number of oxime groups is 1. The molecule has 3 heteroatoms. The van der Waals surface area contributed by atoms with E-state index in [4.69, 9.17) is 0 Å². The molecule has 3 nitrogen and oxygen atoms in total. The zero-order valence-corrected chi connectivity index (χ0v) is 15.5. The van der Waals surface area contributed by atoms with E-state index in [9.17, 15) is 10.3 Å². The summed E-state index contributed by atoms with van der Waals surface area (Å²) in [6.45, 7) is 6.95. The average Bonchev–Trinajstić information content (AvgIpc) is 2.92. The number of allylic oxidation sites excluding steroid dienone is 1. The van der Waals surface area contributed by atoms with E-state index < -0.39 is 0 Å². The molecule has 24 heavy (non-hydrogen) atoms. The number of aliphatic hydroxyl groups excluding tert-OH is 1. The van der Waals surface area contributed by atoms with Gasteiger partial charge in [0.05, 0.1) is 11.8 Å². The van der Waals surface area contributed by atoms with Crippen LogP contribution in [-0.4, -0.2) is 22.1 Å². The van der Waals surface area contributed by atoms with Gasteiger partial charge in [-0.2, -0.15) is 0 Å². The van der Waals surface area contributed by atoms with Crippen LogP contribution in [0.2, 0.25) is 0 Å². The highest BCUT2D eigenvalue weighted by Crippen LogP contribution is 2.66. The first kappa shape index (κ1) is 16.6. The Hall–Kier alpha value is -0.830. The van der Waals surface area contributed by atoms with Crippen LogP contribution in [0.3, 0.4) is 0 Å². The van der Waals surface area contributed by atoms with E-state index in [0.717, 1.165) is 42.7 Å². The Bertz CT molecular complexity index is 582. The first-order valence-corrected chi connectivity index (χ1v) is 9.96. The quantitative estimate of drug-likeness (QED) is 0.314. The summed E-state index contributed by atoms with van der Waals surface area (Å²) in [4.78, 5) is 0. The molecule has 0 aromatic rings. The molecule has 0 radical (unpaired) electrons. The van der Waals surface area contributed by atoms with Crippen LogP contribution in [0.15, 0.2) is 16.8 Å². The molecule has 0 heterocycles. The minimum absolute atomic E-state index is 0.117. The molecule has 0 aliphatic heterocycles. The maximum atomic E-state index is 10.1. The first-order valence-electron chi connectivity index (χ1n) is 9.96. The lowest BCUT2D eigenvalue weighted by Gasteiger charge is -2.58. The molecule has 4 rings (SSSR count). The Kier molecular flexibility index (Phi) is 3.87. The molecule has 7 atom stereocenters. The summed E-state index contributed by atoms with van der Waals surface area (Å²) in [6.07, 6.45) is 11.7. The van der Waals surface area contributed by atoms with Crippen molar-refractivity contribution in [2.75, 3.05) is 0 Å². The van der Waals surface area contributed by atoms with E-state index in [1.54, 1.807) is 5.57 Å². The van der Waals surface area contributed by atoms with Gasteiger partial charge >= 0.3 is 0 Å². The summed E-state index contributed by atoms with van der Waals surface area (Å²) < 4.78 is 0. The van der Waals surface area contributed by atoms with Crippen molar-refractivity contribution >= 4 is 5.71 Å². The Labute approximate surface area is 146 Å². The number of fused-ring (bicyclic) bond motifs is 5. The Morgan fingerprint density at radius 2 is 1.92 bits per heavy atom. The zero-order valence-electron chi connectivity index (χ0n) is 15.5. The molecule has 0 spiro atoms. The molecule has 3 saturated carbocycles. The average molecular weight is 332 g/mol. The van der Waals surface area contributed by atoms with Gasteiger partial charge in [-0.15, -0.1) is 0 Å². The number of rotatable bonds is 1. The number of nitrogens with zero attached hydrogens (tertiary/aromatic N) is 1. The van der Waals surface area contributed by atoms with Crippen LogP contribution < -0.4 is 0 Å². The summed E-state index contributed by atoms with van der Waals surface area (Å²) in [7, 11) is 0. The summed E-state index contributed by atoms with van der Waals surface area (Å²) >= 11 is 0. The van der Waals surface area contributed by atoms with Crippen molar-refractivity contribution in [3.05, 3.63) is 11.6 Å². The number of hydrogen-bond acceptors (Lipinski definition) is 3. The smallest absolute Gasteiger partial charge is 0.0577 e. The minimum Gasteiger partial charge on any atom is -0.411 e. The molecule has 0 unspecified atom stereocenters. The molecule has 134 valence electrons. The molecule has 0 aromatic carbocycles. The van der Waals surface area contributed by atoms with E-state index in [1.165, 1.54) is 32.1 Å². The molecular formula is C21H33NO2. The van der Waals surface area contributed by atoms with Gasteiger partial charge in [0, 0.05) is 5.92 Å². The summed E-state index contributed by atoms with van der Waals surface area (Å²) in [5.41, 5.74) is 3.13. The fourth-order valence-corrected chi connectivity index (χ4v) is 7.40. The van der Waals surface area contributed by atoms with E-state index in [-0.39, 0.29) is 6.10 Å². The molecular weight excluding hydrogens is 298 g/mol. The van der Waals surface area contributed by atoms with Crippen molar-refractivity contribution in [2.45, 2.75) is 78.2 Å². The molecule has 4 aliphatic rings. The molecule has 0 saturated heterocycles. The van der Waals surface area contributed by atoms with Crippen LogP contribution in [0.25, 0.3) is 0 Å². The van der Waals surface area contributed by atoms with E-state index >= 15 is 0 Å². The standard InChI is InChI=1S/C21H33NO2/c1-13(22-24)17-6-7-18-16-5-4-14-12-15(23)8-10-20(14,2)19(16)9-11-21(17,18)3/h4,15-19,23-24H,5-12H2,1-3H3/b22-13-/t15-,16+,17-,18+,19+,20-,21+/m0/s1. The maximum Gasteiger partial charge on any atom is 0.0577 e. The van der Waals surface area contributed by atoms with Crippen molar-refractivity contribution in [3.63, 3.8) is 0 Å². The number of hydrogen-bond donors (Lipinski definition) is 2. The zero-order chi connectivity index (χ0) is 17.1. The minimum atomic E-state index is -0.117. The highest BCUT2D eigenvalue weighted by atomic mass is 16.4.